The van der Waals surface area contributed by atoms with Gasteiger partial charge in [-0.15, -0.1) is 0 Å². The van der Waals surface area contributed by atoms with Crippen LogP contribution in [0.1, 0.15) is 51.0 Å². The Morgan fingerprint density at radius 1 is 1.10 bits per heavy atom. The molecular weight excluding hydrogens is 312 g/mol. The van der Waals surface area contributed by atoms with Crippen molar-refractivity contribution in [3.05, 3.63) is 28.2 Å². The van der Waals surface area contributed by atoms with E-state index in [9.17, 15) is 0 Å². The molecule has 0 radical (unpaired) electrons. The van der Waals surface area contributed by atoms with Gasteiger partial charge in [0.1, 0.15) is 0 Å². The molecule has 0 amide bonds. The van der Waals surface area contributed by atoms with Crippen LogP contribution in [0.25, 0.3) is 0 Å². The monoisotopic (exact) mass is 338 g/mol. The fourth-order valence-corrected chi connectivity index (χ4v) is 3.30. The smallest absolute Gasteiger partial charge is 0.0412 e. The summed E-state index contributed by atoms with van der Waals surface area (Å²) in [5, 5.41) is 3.54. The lowest BCUT2D eigenvalue weighted by Gasteiger charge is -2.29. The van der Waals surface area contributed by atoms with Gasteiger partial charge in [-0.1, -0.05) is 42.1 Å². The molecule has 0 aromatic heterocycles. The summed E-state index contributed by atoms with van der Waals surface area (Å²) in [6.07, 6.45) is 8.04. The van der Waals surface area contributed by atoms with Crippen molar-refractivity contribution in [2.24, 2.45) is 0 Å². The van der Waals surface area contributed by atoms with Gasteiger partial charge in [0.25, 0.3) is 0 Å². The predicted octanol–water partition coefficient (Wildman–Crippen LogP) is 4.72. The molecule has 1 fully saturated rings. The fraction of sp³-hybridized carbons (Fsp3) is 0.647. The first-order valence-corrected chi connectivity index (χ1v) is 8.84. The lowest BCUT2D eigenvalue weighted by molar-refractivity contribution is 0.554. The topological polar surface area (TPSA) is 15.3 Å². The summed E-state index contributed by atoms with van der Waals surface area (Å²) in [6, 6.07) is 6.74. The van der Waals surface area contributed by atoms with E-state index in [1.807, 2.05) is 0 Å². The number of anilines is 1. The van der Waals surface area contributed by atoms with Gasteiger partial charge in [0.15, 0.2) is 0 Å². The molecule has 0 bridgehead atoms. The van der Waals surface area contributed by atoms with Crippen LogP contribution in [0.5, 0.6) is 0 Å². The Balaban J connectivity index is 2.10. The maximum absolute atomic E-state index is 3.61. The Morgan fingerprint density at radius 2 is 1.80 bits per heavy atom. The van der Waals surface area contributed by atoms with Crippen molar-refractivity contribution in [1.29, 1.82) is 0 Å². The third-order valence-corrected chi connectivity index (χ3v) is 4.47. The molecule has 3 heteroatoms. The molecule has 2 rings (SSSR count). The summed E-state index contributed by atoms with van der Waals surface area (Å²) in [5.41, 5.74) is 2.85. The van der Waals surface area contributed by atoms with Crippen LogP contribution < -0.4 is 10.2 Å². The van der Waals surface area contributed by atoms with E-state index >= 15 is 0 Å². The second-order valence-electron chi connectivity index (χ2n) is 5.70. The Morgan fingerprint density at radius 3 is 2.50 bits per heavy atom. The van der Waals surface area contributed by atoms with Gasteiger partial charge in [0.05, 0.1) is 0 Å². The fourth-order valence-electron chi connectivity index (χ4n) is 2.89. The van der Waals surface area contributed by atoms with Gasteiger partial charge >= 0.3 is 0 Å². The predicted molar refractivity (Wildman–Crippen MR) is 91.4 cm³/mol. The van der Waals surface area contributed by atoms with Gasteiger partial charge in [-0.2, -0.15) is 0 Å². The molecule has 1 saturated heterocycles. The highest BCUT2D eigenvalue weighted by atomic mass is 79.9. The number of nitrogens with one attached hydrogen (secondary N) is 1. The van der Waals surface area contributed by atoms with Crippen molar-refractivity contribution in [2.75, 3.05) is 24.5 Å². The maximum atomic E-state index is 3.61. The molecule has 1 heterocycles. The van der Waals surface area contributed by atoms with E-state index in [1.165, 1.54) is 67.3 Å². The number of halogens is 1. The van der Waals surface area contributed by atoms with E-state index in [0.29, 0.717) is 0 Å². The molecule has 20 heavy (non-hydrogen) atoms. The van der Waals surface area contributed by atoms with E-state index < -0.39 is 0 Å². The van der Waals surface area contributed by atoms with Crippen LogP contribution in [0.3, 0.4) is 0 Å². The molecule has 0 unspecified atom stereocenters. The number of rotatable bonds is 5. The third-order valence-electron chi connectivity index (χ3n) is 3.98. The second kappa shape index (κ2) is 8.68. The minimum atomic E-state index is 0.971. The zero-order chi connectivity index (χ0) is 14.2. The summed E-state index contributed by atoms with van der Waals surface area (Å²) in [5.74, 6) is 0. The zero-order valence-electron chi connectivity index (χ0n) is 12.6. The molecule has 1 aliphatic heterocycles. The second-order valence-corrected chi connectivity index (χ2v) is 6.62. The van der Waals surface area contributed by atoms with E-state index in [1.54, 1.807) is 0 Å². The minimum absolute atomic E-state index is 0.971. The van der Waals surface area contributed by atoms with Crippen molar-refractivity contribution in [3.8, 4) is 0 Å². The lowest BCUT2D eigenvalue weighted by Crippen LogP contribution is -2.28. The molecule has 1 N–H and O–H groups in total. The van der Waals surface area contributed by atoms with Crippen molar-refractivity contribution < 1.29 is 0 Å². The normalized spacial score (nSPS) is 16.8. The summed E-state index contributed by atoms with van der Waals surface area (Å²) < 4.78 is 1.18. The largest absolute Gasteiger partial charge is 0.371 e. The van der Waals surface area contributed by atoms with Gasteiger partial charge < -0.3 is 10.2 Å². The Labute approximate surface area is 132 Å². The Hall–Kier alpha value is -0.540. The van der Waals surface area contributed by atoms with Crippen LogP contribution in [-0.4, -0.2) is 19.6 Å². The van der Waals surface area contributed by atoms with Crippen molar-refractivity contribution in [1.82, 2.24) is 5.32 Å². The van der Waals surface area contributed by atoms with Gasteiger partial charge in [-0.05, 0) is 49.6 Å². The first-order chi connectivity index (χ1) is 9.81. The van der Waals surface area contributed by atoms with E-state index in [4.69, 9.17) is 0 Å². The highest BCUT2D eigenvalue weighted by molar-refractivity contribution is 9.10. The van der Waals surface area contributed by atoms with Crippen molar-refractivity contribution in [2.45, 2.75) is 52.0 Å². The SMILES string of the molecule is CCCNCc1cc(Br)ccc1N1CCCCCCC1. The van der Waals surface area contributed by atoms with Crippen LogP contribution in [0.15, 0.2) is 22.7 Å². The molecular formula is C17H27BrN2. The van der Waals surface area contributed by atoms with Gasteiger partial charge in [-0.3, -0.25) is 0 Å². The minimum Gasteiger partial charge on any atom is -0.371 e. The van der Waals surface area contributed by atoms with E-state index in [-0.39, 0.29) is 0 Å². The highest BCUT2D eigenvalue weighted by Gasteiger charge is 2.13. The molecule has 2 nitrogen and oxygen atoms in total. The number of hydrogen-bond acceptors (Lipinski definition) is 2. The Kier molecular flexibility index (Phi) is 6.88. The highest BCUT2D eigenvalue weighted by Crippen LogP contribution is 2.26. The van der Waals surface area contributed by atoms with Crippen LogP contribution in [0.2, 0.25) is 0 Å². The molecule has 1 aliphatic rings. The number of nitrogens with zero attached hydrogens (tertiary/aromatic N) is 1. The summed E-state index contributed by atoms with van der Waals surface area (Å²) in [7, 11) is 0. The molecule has 112 valence electrons. The standard InChI is InChI=1S/C17H27BrN2/c1-2-10-19-14-15-13-16(18)8-9-17(15)20-11-6-4-3-5-7-12-20/h8-9,13,19H,2-7,10-12,14H2,1H3. The van der Waals surface area contributed by atoms with E-state index in [0.717, 1.165) is 13.1 Å². The van der Waals surface area contributed by atoms with Crippen molar-refractivity contribution in [3.63, 3.8) is 0 Å². The van der Waals surface area contributed by atoms with Crippen molar-refractivity contribution >= 4 is 21.6 Å². The average Bonchev–Trinajstić information content (AvgIpc) is 2.40. The summed E-state index contributed by atoms with van der Waals surface area (Å²) in [4.78, 5) is 2.59. The van der Waals surface area contributed by atoms with Crippen LogP contribution in [0, 0.1) is 0 Å². The third kappa shape index (κ3) is 4.78. The maximum Gasteiger partial charge on any atom is 0.0412 e. The number of hydrogen-bond donors (Lipinski definition) is 1. The zero-order valence-corrected chi connectivity index (χ0v) is 14.2. The average molecular weight is 339 g/mol. The first kappa shape index (κ1) is 15.8. The molecule has 1 aromatic carbocycles. The van der Waals surface area contributed by atoms with Crippen LogP contribution in [0.4, 0.5) is 5.69 Å². The molecule has 1 aromatic rings. The number of benzene rings is 1. The summed E-state index contributed by atoms with van der Waals surface area (Å²) in [6.45, 7) is 6.70. The van der Waals surface area contributed by atoms with E-state index in [2.05, 4.69) is 51.3 Å². The molecule has 0 saturated carbocycles. The molecule has 0 atom stereocenters. The van der Waals surface area contributed by atoms with Crippen LogP contribution in [-0.2, 0) is 6.54 Å². The first-order valence-electron chi connectivity index (χ1n) is 8.05. The molecule has 0 spiro atoms. The summed E-state index contributed by atoms with van der Waals surface area (Å²) >= 11 is 3.61. The van der Waals surface area contributed by atoms with Gasteiger partial charge in [0, 0.05) is 29.8 Å². The van der Waals surface area contributed by atoms with Gasteiger partial charge in [0.2, 0.25) is 0 Å². The van der Waals surface area contributed by atoms with Gasteiger partial charge in [-0.25, -0.2) is 0 Å². The lowest BCUT2D eigenvalue weighted by atomic mass is 10.1. The molecule has 0 aliphatic carbocycles. The van der Waals surface area contributed by atoms with Crippen LogP contribution >= 0.6 is 15.9 Å². The Bertz CT molecular complexity index is 398. The quantitative estimate of drug-likeness (QED) is 0.781.